The fraction of sp³-hybridized carbons (Fsp3) is 0.143. The number of carbonyl (C=O) groups excluding carboxylic acids is 1. The van der Waals surface area contributed by atoms with Crippen LogP contribution in [0, 0.1) is 6.92 Å². The molecule has 0 aliphatic heterocycles. The lowest BCUT2D eigenvalue weighted by Crippen LogP contribution is -2.14. The van der Waals surface area contributed by atoms with Gasteiger partial charge in [-0.15, -0.1) is 0 Å². The second-order valence-corrected chi connectivity index (χ2v) is 6.44. The summed E-state index contributed by atoms with van der Waals surface area (Å²) in [6.45, 7) is 2.70. The molecular weight excluding hydrogens is 346 g/mol. The van der Waals surface area contributed by atoms with Gasteiger partial charge in [-0.25, -0.2) is 4.98 Å². The highest BCUT2D eigenvalue weighted by Gasteiger charge is 2.09. The third-order valence-electron chi connectivity index (χ3n) is 4.02. The molecule has 1 amide bonds. The van der Waals surface area contributed by atoms with E-state index in [4.69, 9.17) is 11.6 Å². The maximum atomic E-state index is 12.3. The van der Waals surface area contributed by atoms with E-state index in [1.165, 1.54) is 5.56 Å². The predicted octanol–water partition coefficient (Wildman–Crippen LogP) is 4.95. The van der Waals surface area contributed by atoms with E-state index in [0.29, 0.717) is 10.7 Å². The first-order chi connectivity index (χ1) is 12.6. The summed E-state index contributed by atoms with van der Waals surface area (Å²) in [4.78, 5) is 16.6. The third-order valence-corrected chi connectivity index (χ3v) is 4.25. The lowest BCUT2D eigenvalue weighted by Gasteiger charge is -2.09. The Bertz CT molecular complexity index is 880. The molecule has 3 rings (SSSR count). The minimum atomic E-state index is -0.244. The zero-order valence-corrected chi connectivity index (χ0v) is 15.3. The summed E-state index contributed by atoms with van der Waals surface area (Å²) in [5.41, 5.74) is 4.17. The van der Waals surface area contributed by atoms with Crippen molar-refractivity contribution in [3.63, 3.8) is 0 Å². The second-order valence-electron chi connectivity index (χ2n) is 6.01. The summed E-state index contributed by atoms with van der Waals surface area (Å²) in [6, 6.07) is 19.2. The van der Waals surface area contributed by atoms with Gasteiger partial charge < -0.3 is 10.6 Å². The number of hydrogen-bond donors (Lipinski definition) is 2. The molecule has 26 heavy (non-hydrogen) atoms. The molecule has 5 heteroatoms. The fourth-order valence-corrected chi connectivity index (χ4v) is 2.81. The van der Waals surface area contributed by atoms with Gasteiger partial charge in [0.1, 0.15) is 5.69 Å². The van der Waals surface area contributed by atoms with Gasteiger partial charge in [-0.3, -0.25) is 4.79 Å². The van der Waals surface area contributed by atoms with Crippen molar-refractivity contribution in [2.45, 2.75) is 13.3 Å². The zero-order chi connectivity index (χ0) is 18.4. The Balaban J connectivity index is 1.55. The minimum Gasteiger partial charge on any atom is -0.383 e. The highest BCUT2D eigenvalue weighted by Crippen LogP contribution is 2.20. The number of benzene rings is 2. The Morgan fingerprint density at radius 3 is 2.58 bits per heavy atom. The van der Waals surface area contributed by atoms with E-state index >= 15 is 0 Å². The van der Waals surface area contributed by atoms with Gasteiger partial charge in [0.25, 0.3) is 5.91 Å². The number of aryl methyl sites for hydroxylation is 1. The topological polar surface area (TPSA) is 54.0 Å². The van der Waals surface area contributed by atoms with Gasteiger partial charge in [-0.2, -0.15) is 0 Å². The monoisotopic (exact) mass is 365 g/mol. The van der Waals surface area contributed by atoms with E-state index < -0.39 is 0 Å². The third kappa shape index (κ3) is 4.83. The number of rotatable bonds is 6. The van der Waals surface area contributed by atoms with Crippen molar-refractivity contribution in [3.8, 4) is 0 Å². The van der Waals surface area contributed by atoms with Crippen molar-refractivity contribution in [3.05, 3.63) is 88.7 Å². The lowest BCUT2D eigenvalue weighted by molar-refractivity contribution is 0.102. The van der Waals surface area contributed by atoms with E-state index in [1.54, 1.807) is 24.4 Å². The summed E-state index contributed by atoms with van der Waals surface area (Å²) in [7, 11) is 0. The first-order valence-electron chi connectivity index (χ1n) is 8.43. The summed E-state index contributed by atoms with van der Waals surface area (Å²) in [5, 5.41) is 6.82. The molecule has 1 aromatic heterocycles. The quantitative estimate of drug-likeness (QED) is 0.649. The maximum absolute atomic E-state index is 12.3. The van der Waals surface area contributed by atoms with Crippen molar-refractivity contribution >= 4 is 28.9 Å². The summed E-state index contributed by atoms with van der Waals surface area (Å²) >= 11 is 5.94. The summed E-state index contributed by atoms with van der Waals surface area (Å²) < 4.78 is 0. The molecule has 0 aliphatic carbocycles. The molecule has 0 saturated heterocycles. The van der Waals surface area contributed by atoms with Crippen molar-refractivity contribution in [2.24, 2.45) is 0 Å². The molecule has 4 nitrogen and oxygen atoms in total. The molecule has 2 aromatic carbocycles. The van der Waals surface area contributed by atoms with E-state index in [1.807, 2.05) is 37.3 Å². The molecule has 0 spiro atoms. The summed E-state index contributed by atoms with van der Waals surface area (Å²) in [5.74, 6) is -0.244. The van der Waals surface area contributed by atoms with Gasteiger partial charge in [0.15, 0.2) is 0 Å². The molecular formula is C21H20ClN3O. The number of anilines is 2. The molecule has 0 radical (unpaired) electrons. The Kier molecular flexibility index (Phi) is 5.87. The van der Waals surface area contributed by atoms with Gasteiger partial charge in [-0.1, -0.05) is 41.9 Å². The second kappa shape index (κ2) is 8.50. The van der Waals surface area contributed by atoms with Crippen LogP contribution in [0.3, 0.4) is 0 Å². The normalized spacial score (nSPS) is 10.4. The van der Waals surface area contributed by atoms with Crippen molar-refractivity contribution in [2.75, 3.05) is 17.2 Å². The highest BCUT2D eigenvalue weighted by molar-refractivity contribution is 6.30. The molecule has 0 atom stereocenters. The number of amides is 1. The van der Waals surface area contributed by atoms with Crippen molar-refractivity contribution < 1.29 is 4.79 Å². The van der Waals surface area contributed by atoms with Crippen LogP contribution in [0.25, 0.3) is 0 Å². The SMILES string of the molecule is Cc1cc(Cl)ccc1NC(=O)c1ccc(NCCc2ccccc2)cn1. The number of hydrogen-bond acceptors (Lipinski definition) is 3. The van der Waals surface area contributed by atoms with Crippen LogP contribution < -0.4 is 10.6 Å². The molecule has 3 aromatic rings. The average molecular weight is 366 g/mol. The van der Waals surface area contributed by atoms with E-state index in [-0.39, 0.29) is 5.91 Å². The van der Waals surface area contributed by atoms with Crippen LogP contribution >= 0.6 is 11.6 Å². The van der Waals surface area contributed by atoms with E-state index in [0.717, 1.165) is 29.9 Å². The first-order valence-corrected chi connectivity index (χ1v) is 8.81. The average Bonchev–Trinajstić information content (AvgIpc) is 2.65. The Morgan fingerprint density at radius 2 is 1.88 bits per heavy atom. The molecule has 0 aliphatic rings. The van der Waals surface area contributed by atoms with E-state index in [2.05, 4.69) is 27.8 Å². The zero-order valence-electron chi connectivity index (χ0n) is 14.5. The molecule has 132 valence electrons. The maximum Gasteiger partial charge on any atom is 0.274 e. The van der Waals surface area contributed by atoms with Crippen LogP contribution in [0.2, 0.25) is 5.02 Å². The van der Waals surface area contributed by atoms with Crippen LogP contribution in [0.15, 0.2) is 66.9 Å². The lowest BCUT2D eigenvalue weighted by atomic mass is 10.1. The highest BCUT2D eigenvalue weighted by atomic mass is 35.5. The summed E-state index contributed by atoms with van der Waals surface area (Å²) in [6.07, 6.45) is 2.60. The van der Waals surface area contributed by atoms with Crippen LogP contribution in [0.5, 0.6) is 0 Å². The Labute approximate surface area is 158 Å². The molecule has 0 unspecified atom stereocenters. The number of aromatic nitrogens is 1. The smallest absolute Gasteiger partial charge is 0.274 e. The van der Waals surface area contributed by atoms with Gasteiger partial charge in [-0.05, 0) is 54.8 Å². The molecule has 0 saturated carbocycles. The van der Waals surface area contributed by atoms with Crippen LogP contribution in [-0.2, 0) is 6.42 Å². The molecule has 0 fully saturated rings. The molecule has 0 bridgehead atoms. The largest absolute Gasteiger partial charge is 0.383 e. The number of carbonyl (C=O) groups is 1. The number of nitrogens with one attached hydrogen (secondary N) is 2. The standard InChI is InChI=1S/C21H20ClN3O/c1-15-13-17(22)7-9-19(15)25-21(26)20-10-8-18(14-24-20)23-12-11-16-5-3-2-4-6-16/h2-10,13-14,23H,11-12H2,1H3,(H,25,26). The molecule has 2 N–H and O–H groups in total. The predicted molar refractivity (Wildman–Crippen MR) is 107 cm³/mol. The molecule has 1 heterocycles. The van der Waals surface area contributed by atoms with Gasteiger partial charge in [0.05, 0.1) is 11.9 Å². The van der Waals surface area contributed by atoms with Crippen molar-refractivity contribution in [1.29, 1.82) is 0 Å². The Morgan fingerprint density at radius 1 is 1.08 bits per heavy atom. The van der Waals surface area contributed by atoms with Crippen LogP contribution in [-0.4, -0.2) is 17.4 Å². The van der Waals surface area contributed by atoms with Gasteiger partial charge >= 0.3 is 0 Å². The number of pyridine rings is 1. The van der Waals surface area contributed by atoms with Gasteiger partial charge in [0.2, 0.25) is 0 Å². The van der Waals surface area contributed by atoms with Crippen LogP contribution in [0.4, 0.5) is 11.4 Å². The van der Waals surface area contributed by atoms with Crippen molar-refractivity contribution in [1.82, 2.24) is 4.98 Å². The van der Waals surface area contributed by atoms with Gasteiger partial charge in [0, 0.05) is 17.3 Å². The fourth-order valence-electron chi connectivity index (χ4n) is 2.58. The minimum absolute atomic E-state index is 0.244. The van der Waals surface area contributed by atoms with E-state index in [9.17, 15) is 4.79 Å². The number of nitrogens with zero attached hydrogens (tertiary/aromatic N) is 1. The number of halogens is 1. The first kappa shape index (κ1) is 18.0. The Hall–Kier alpha value is -2.85. The van der Waals surface area contributed by atoms with Crippen LogP contribution in [0.1, 0.15) is 21.6 Å².